The summed E-state index contributed by atoms with van der Waals surface area (Å²) in [6.45, 7) is 0. The minimum absolute atomic E-state index is 0.0676. The average Bonchev–Trinajstić information content (AvgIpc) is 3.05. The van der Waals surface area contributed by atoms with Gasteiger partial charge >= 0.3 is 0 Å². The number of nitrogens with zero attached hydrogens (tertiary/aromatic N) is 2. The van der Waals surface area contributed by atoms with Crippen LogP contribution >= 0.6 is 0 Å². The zero-order valence-electron chi connectivity index (χ0n) is 11.9. The second kappa shape index (κ2) is 5.85. The number of nitro benzene ring substituents is 1. The van der Waals surface area contributed by atoms with Crippen molar-refractivity contribution in [2.75, 3.05) is 7.11 Å². The molecule has 2 aromatic carbocycles. The molecule has 6 nitrogen and oxygen atoms in total. The highest BCUT2D eigenvalue weighted by molar-refractivity contribution is 6.01. The van der Waals surface area contributed by atoms with Crippen LogP contribution in [0.15, 0.2) is 53.7 Å². The SMILES string of the molecule is COc1ccc(C2=NOC(c3ccc([N+](=O)[O-])cc3)C2)cc1. The van der Waals surface area contributed by atoms with Crippen LogP contribution in [0.4, 0.5) is 5.69 Å². The molecule has 2 aromatic rings. The zero-order chi connectivity index (χ0) is 15.5. The van der Waals surface area contributed by atoms with Crippen LogP contribution in [0.3, 0.4) is 0 Å². The van der Waals surface area contributed by atoms with Crippen LogP contribution in [0.5, 0.6) is 5.75 Å². The first kappa shape index (κ1) is 14.1. The van der Waals surface area contributed by atoms with E-state index < -0.39 is 4.92 Å². The van der Waals surface area contributed by atoms with E-state index in [-0.39, 0.29) is 11.8 Å². The van der Waals surface area contributed by atoms with E-state index in [1.54, 1.807) is 19.2 Å². The summed E-state index contributed by atoms with van der Waals surface area (Å²) in [5.41, 5.74) is 2.77. The summed E-state index contributed by atoms with van der Waals surface area (Å²) in [7, 11) is 1.62. The summed E-state index contributed by atoms with van der Waals surface area (Å²) in [4.78, 5) is 15.7. The number of non-ortho nitro benzene ring substituents is 1. The van der Waals surface area contributed by atoms with Crippen molar-refractivity contribution in [3.63, 3.8) is 0 Å². The van der Waals surface area contributed by atoms with Crippen LogP contribution in [-0.4, -0.2) is 17.7 Å². The van der Waals surface area contributed by atoms with Gasteiger partial charge < -0.3 is 9.57 Å². The van der Waals surface area contributed by atoms with Gasteiger partial charge in [0, 0.05) is 18.6 Å². The molecule has 0 aromatic heterocycles. The van der Waals surface area contributed by atoms with E-state index >= 15 is 0 Å². The van der Waals surface area contributed by atoms with Gasteiger partial charge in [-0.2, -0.15) is 0 Å². The Labute approximate surface area is 127 Å². The highest BCUT2D eigenvalue weighted by Gasteiger charge is 2.24. The maximum Gasteiger partial charge on any atom is 0.269 e. The van der Waals surface area contributed by atoms with Gasteiger partial charge in [-0.05, 0) is 47.5 Å². The minimum Gasteiger partial charge on any atom is -0.497 e. The van der Waals surface area contributed by atoms with Gasteiger partial charge in [-0.15, -0.1) is 0 Å². The molecule has 0 spiro atoms. The molecule has 0 saturated heterocycles. The fourth-order valence-corrected chi connectivity index (χ4v) is 2.32. The summed E-state index contributed by atoms with van der Waals surface area (Å²) in [5.74, 6) is 0.787. The maximum absolute atomic E-state index is 10.7. The molecule has 3 rings (SSSR count). The molecule has 1 aliphatic heterocycles. The van der Waals surface area contributed by atoms with Crippen molar-refractivity contribution in [1.29, 1.82) is 0 Å². The molecular weight excluding hydrogens is 284 g/mol. The monoisotopic (exact) mass is 298 g/mol. The molecule has 0 bridgehead atoms. The van der Waals surface area contributed by atoms with E-state index in [1.165, 1.54) is 12.1 Å². The van der Waals surface area contributed by atoms with Crippen molar-refractivity contribution in [2.45, 2.75) is 12.5 Å². The van der Waals surface area contributed by atoms with E-state index in [9.17, 15) is 10.1 Å². The molecule has 0 amide bonds. The predicted molar refractivity (Wildman–Crippen MR) is 81.1 cm³/mol. The molecule has 0 N–H and O–H groups in total. The van der Waals surface area contributed by atoms with Gasteiger partial charge in [-0.3, -0.25) is 10.1 Å². The third-order valence-corrected chi connectivity index (χ3v) is 3.57. The molecule has 112 valence electrons. The van der Waals surface area contributed by atoms with Crippen LogP contribution in [0.2, 0.25) is 0 Å². The second-order valence-corrected chi connectivity index (χ2v) is 4.91. The van der Waals surface area contributed by atoms with E-state index in [0.717, 1.165) is 22.6 Å². The Balaban J connectivity index is 1.71. The maximum atomic E-state index is 10.7. The van der Waals surface area contributed by atoms with Crippen molar-refractivity contribution in [1.82, 2.24) is 0 Å². The smallest absolute Gasteiger partial charge is 0.269 e. The Morgan fingerprint density at radius 2 is 1.86 bits per heavy atom. The molecule has 0 aliphatic carbocycles. The summed E-state index contributed by atoms with van der Waals surface area (Å²) in [6, 6.07) is 14.0. The second-order valence-electron chi connectivity index (χ2n) is 4.91. The van der Waals surface area contributed by atoms with E-state index in [1.807, 2.05) is 24.3 Å². The fraction of sp³-hybridized carbons (Fsp3) is 0.188. The number of methoxy groups -OCH3 is 1. The molecule has 6 heteroatoms. The standard InChI is InChI=1S/C16H14N2O4/c1-21-14-8-4-11(5-9-14)15-10-16(22-17-15)12-2-6-13(7-3-12)18(19)20/h2-9,16H,10H2,1H3. The third-order valence-electron chi connectivity index (χ3n) is 3.57. The Kier molecular flexibility index (Phi) is 3.74. The number of benzene rings is 2. The van der Waals surface area contributed by atoms with E-state index in [2.05, 4.69) is 5.16 Å². The highest BCUT2D eigenvalue weighted by atomic mass is 16.6. The Hall–Kier alpha value is -2.89. The van der Waals surface area contributed by atoms with Crippen molar-refractivity contribution in [3.05, 3.63) is 69.8 Å². The predicted octanol–water partition coefficient (Wildman–Crippen LogP) is 3.47. The Morgan fingerprint density at radius 1 is 1.18 bits per heavy atom. The summed E-state index contributed by atoms with van der Waals surface area (Å²) in [5, 5.41) is 14.8. The number of nitro groups is 1. The Bertz CT molecular complexity index is 708. The lowest BCUT2D eigenvalue weighted by molar-refractivity contribution is -0.384. The lowest BCUT2D eigenvalue weighted by Gasteiger charge is -2.07. The molecule has 0 radical (unpaired) electrons. The molecule has 1 aliphatic rings. The van der Waals surface area contributed by atoms with Gasteiger partial charge in [0.05, 0.1) is 17.7 Å². The average molecular weight is 298 g/mol. The first-order valence-electron chi connectivity index (χ1n) is 6.79. The van der Waals surface area contributed by atoms with Crippen LogP contribution in [0, 0.1) is 10.1 Å². The lowest BCUT2D eigenvalue weighted by Crippen LogP contribution is -2.01. The van der Waals surface area contributed by atoms with Gasteiger partial charge in [0.2, 0.25) is 0 Å². The number of hydrogen-bond acceptors (Lipinski definition) is 5. The first-order chi connectivity index (χ1) is 10.7. The molecule has 1 heterocycles. The van der Waals surface area contributed by atoms with Gasteiger partial charge in [0.1, 0.15) is 5.75 Å². The lowest BCUT2D eigenvalue weighted by atomic mass is 10.00. The summed E-state index contributed by atoms with van der Waals surface area (Å²) in [6.07, 6.45) is 0.419. The van der Waals surface area contributed by atoms with Crippen LogP contribution < -0.4 is 4.74 Å². The van der Waals surface area contributed by atoms with Gasteiger partial charge in [0.15, 0.2) is 6.10 Å². The fourth-order valence-electron chi connectivity index (χ4n) is 2.32. The van der Waals surface area contributed by atoms with Crippen LogP contribution in [0.25, 0.3) is 0 Å². The van der Waals surface area contributed by atoms with Gasteiger partial charge in [-0.25, -0.2) is 0 Å². The molecule has 1 atom stereocenters. The molecule has 1 unspecified atom stereocenters. The molecular formula is C16H14N2O4. The van der Waals surface area contributed by atoms with Crippen molar-refractivity contribution >= 4 is 11.4 Å². The normalized spacial score (nSPS) is 16.8. The van der Waals surface area contributed by atoms with Crippen LogP contribution in [0.1, 0.15) is 23.7 Å². The van der Waals surface area contributed by atoms with Crippen molar-refractivity contribution in [3.8, 4) is 5.75 Å². The van der Waals surface area contributed by atoms with Gasteiger partial charge in [-0.1, -0.05) is 5.16 Å². The van der Waals surface area contributed by atoms with Gasteiger partial charge in [0.25, 0.3) is 5.69 Å². The Morgan fingerprint density at radius 3 is 2.45 bits per heavy atom. The van der Waals surface area contributed by atoms with Crippen molar-refractivity contribution < 1.29 is 14.5 Å². The zero-order valence-corrected chi connectivity index (χ0v) is 11.9. The van der Waals surface area contributed by atoms with E-state index in [4.69, 9.17) is 9.57 Å². The quantitative estimate of drug-likeness (QED) is 0.640. The largest absolute Gasteiger partial charge is 0.497 e. The summed E-state index contributed by atoms with van der Waals surface area (Å²) >= 11 is 0. The third kappa shape index (κ3) is 2.76. The number of rotatable bonds is 4. The number of ether oxygens (including phenoxy) is 1. The molecule has 0 saturated carbocycles. The topological polar surface area (TPSA) is 74.0 Å². The molecule has 0 fully saturated rings. The minimum atomic E-state index is -0.418. The number of hydrogen-bond donors (Lipinski definition) is 0. The summed E-state index contributed by atoms with van der Waals surface area (Å²) < 4.78 is 5.13. The van der Waals surface area contributed by atoms with Crippen LogP contribution in [-0.2, 0) is 4.84 Å². The van der Waals surface area contributed by atoms with E-state index in [0.29, 0.717) is 6.42 Å². The van der Waals surface area contributed by atoms with Crippen molar-refractivity contribution in [2.24, 2.45) is 5.16 Å². The number of oxime groups is 1. The highest BCUT2D eigenvalue weighted by Crippen LogP contribution is 2.30. The first-order valence-corrected chi connectivity index (χ1v) is 6.79. The molecule has 22 heavy (non-hydrogen) atoms.